The Morgan fingerprint density at radius 2 is 1.54 bits per heavy atom. The third kappa shape index (κ3) is 2.57. The molecule has 0 atom stereocenters. The molecule has 0 saturated carbocycles. The lowest BCUT2D eigenvalue weighted by atomic mass is 9.78. The third-order valence-corrected chi connectivity index (χ3v) is 2.23. The first-order valence-electron chi connectivity index (χ1n) is 4.43. The average Bonchev–Trinajstić information content (AvgIpc) is 1.96. The quantitative estimate of drug-likeness (QED) is 0.667. The Kier molecular flexibility index (Phi) is 3.12. The molecule has 1 rings (SSSR count). The van der Waals surface area contributed by atoms with Crippen LogP contribution in [0.2, 0.25) is 0 Å². The molecular weight excluding hydrogens is 163 g/mol. The van der Waals surface area contributed by atoms with Gasteiger partial charge in [0.2, 0.25) is 0 Å². The molecule has 1 aromatic rings. The molecule has 0 fully saturated rings. The van der Waals surface area contributed by atoms with Gasteiger partial charge in [-0.2, -0.15) is 0 Å². The first-order chi connectivity index (χ1) is 6.00. The molecule has 0 aliphatic rings. The Labute approximate surface area is 79.4 Å². The molecule has 1 aromatic carbocycles. The van der Waals surface area contributed by atoms with Crippen LogP contribution in [0.4, 0.5) is 0 Å². The predicted octanol–water partition coefficient (Wildman–Crippen LogP) is 1.17. The number of benzene rings is 1. The molecule has 0 unspecified atom stereocenters. The second kappa shape index (κ2) is 3.94. The van der Waals surface area contributed by atoms with Gasteiger partial charge < -0.3 is 10.0 Å². The van der Waals surface area contributed by atoms with Gasteiger partial charge in [0.05, 0.1) is 0 Å². The van der Waals surface area contributed by atoms with Crippen molar-refractivity contribution >= 4 is 7.12 Å². The van der Waals surface area contributed by atoms with E-state index < -0.39 is 7.12 Å². The Morgan fingerprint density at radius 1 is 1.08 bits per heavy atom. The topological polar surface area (TPSA) is 40.5 Å². The molecule has 0 bridgehead atoms. The summed E-state index contributed by atoms with van der Waals surface area (Å²) in [6, 6.07) is 4.12. The van der Waals surface area contributed by atoms with Crippen molar-refractivity contribution in [1.82, 2.24) is 0 Å². The molecule has 70 valence electrons. The zero-order valence-electron chi connectivity index (χ0n) is 8.33. The van der Waals surface area contributed by atoms with Crippen LogP contribution in [0.15, 0.2) is 12.1 Å². The van der Waals surface area contributed by atoms with Gasteiger partial charge in [0.15, 0.2) is 0 Å². The van der Waals surface area contributed by atoms with Crippen molar-refractivity contribution < 1.29 is 10.0 Å². The van der Waals surface area contributed by atoms with Gasteiger partial charge >= 0.3 is 7.12 Å². The van der Waals surface area contributed by atoms with Crippen molar-refractivity contribution in [2.24, 2.45) is 0 Å². The van der Waals surface area contributed by atoms with Crippen molar-refractivity contribution in [3.63, 3.8) is 0 Å². The van der Waals surface area contributed by atoms with Crippen LogP contribution >= 0.6 is 0 Å². The van der Waals surface area contributed by atoms with Gasteiger partial charge in [0.25, 0.3) is 0 Å². The summed E-state index contributed by atoms with van der Waals surface area (Å²) >= 11 is 0. The first kappa shape index (κ1) is 10.3. The van der Waals surface area contributed by atoms with Crippen LogP contribution in [0, 0.1) is 20.8 Å². The van der Waals surface area contributed by atoms with Gasteiger partial charge in [-0.1, -0.05) is 17.7 Å². The van der Waals surface area contributed by atoms with E-state index in [2.05, 4.69) is 12.1 Å². The molecule has 2 nitrogen and oxygen atoms in total. The molecule has 2 N–H and O–H groups in total. The van der Waals surface area contributed by atoms with Crippen molar-refractivity contribution in [1.29, 1.82) is 0 Å². The highest BCUT2D eigenvalue weighted by Crippen LogP contribution is 2.16. The minimum Gasteiger partial charge on any atom is -0.427 e. The number of aryl methyl sites for hydroxylation is 3. The zero-order valence-corrected chi connectivity index (χ0v) is 8.33. The smallest absolute Gasteiger partial charge is 0.427 e. The van der Waals surface area contributed by atoms with Gasteiger partial charge in [-0.25, -0.2) is 0 Å². The summed E-state index contributed by atoms with van der Waals surface area (Å²) in [6.07, 6.45) is 0.317. The van der Waals surface area contributed by atoms with Crippen molar-refractivity contribution in [2.45, 2.75) is 27.1 Å². The number of rotatable bonds is 2. The zero-order chi connectivity index (χ0) is 10.0. The molecule has 0 aliphatic carbocycles. The van der Waals surface area contributed by atoms with E-state index in [1.807, 2.05) is 20.8 Å². The maximum atomic E-state index is 8.88. The minimum absolute atomic E-state index is 0.317. The molecule has 0 aromatic heterocycles. The fourth-order valence-electron chi connectivity index (χ4n) is 1.71. The lowest BCUT2D eigenvalue weighted by molar-refractivity contribution is 0.405. The lowest BCUT2D eigenvalue weighted by Crippen LogP contribution is -2.17. The summed E-state index contributed by atoms with van der Waals surface area (Å²) < 4.78 is 0. The van der Waals surface area contributed by atoms with E-state index in [1.165, 1.54) is 5.56 Å². The fourth-order valence-corrected chi connectivity index (χ4v) is 1.71. The van der Waals surface area contributed by atoms with Crippen LogP contribution in [0.1, 0.15) is 22.3 Å². The normalized spacial score (nSPS) is 10.2. The van der Waals surface area contributed by atoms with E-state index in [0.29, 0.717) is 6.32 Å². The van der Waals surface area contributed by atoms with E-state index in [9.17, 15) is 0 Å². The standard InChI is InChI=1S/C10H15BO2/c1-7-4-8(2)10(6-11(12)13)9(3)5-7/h4-5,12-13H,6H2,1-3H3. The highest BCUT2D eigenvalue weighted by molar-refractivity contribution is 6.40. The monoisotopic (exact) mass is 178 g/mol. The van der Waals surface area contributed by atoms with Gasteiger partial charge in [-0.15, -0.1) is 0 Å². The van der Waals surface area contributed by atoms with E-state index in [0.717, 1.165) is 16.7 Å². The van der Waals surface area contributed by atoms with Crippen LogP contribution in [-0.2, 0) is 6.32 Å². The lowest BCUT2D eigenvalue weighted by Gasteiger charge is -2.10. The molecule has 0 amide bonds. The Bertz CT molecular complexity index is 285. The molecule has 0 spiro atoms. The molecular formula is C10H15BO2. The van der Waals surface area contributed by atoms with Crippen LogP contribution in [-0.4, -0.2) is 17.2 Å². The summed E-state index contributed by atoms with van der Waals surface area (Å²) in [7, 11) is -1.25. The maximum Gasteiger partial charge on any atom is 0.456 e. The second-order valence-corrected chi connectivity index (χ2v) is 3.56. The largest absolute Gasteiger partial charge is 0.456 e. The molecule has 0 aliphatic heterocycles. The summed E-state index contributed by atoms with van der Waals surface area (Å²) in [4.78, 5) is 0. The fraction of sp³-hybridized carbons (Fsp3) is 0.400. The Morgan fingerprint density at radius 3 is 1.92 bits per heavy atom. The molecule has 13 heavy (non-hydrogen) atoms. The highest BCUT2D eigenvalue weighted by atomic mass is 16.4. The van der Waals surface area contributed by atoms with Crippen molar-refractivity contribution in [3.05, 3.63) is 34.4 Å². The van der Waals surface area contributed by atoms with Crippen LogP contribution in [0.25, 0.3) is 0 Å². The van der Waals surface area contributed by atoms with E-state index in [4.69, 9.17) is 10.0 Å². The number of hydrogen-bond donors (Lipinski definition) is 2. The predicted molar refractivity (Wildman–Crippen MR) is 54.5 cm³/mol. The summed E-state index contributed by atoms with van der Waals surface area (Å²) in [5.74, 6) is 0. The van der Waals surface area contributed by atoms with Gasteiger partial charge in [0, 0.05) is 6.32 Å². The second-order valence-electron chi connectivity index (χ2n) is 3.56. The van der Waals surface area contributed by atoms with Gasteiger partial charge in [-0.05, 0) is 37.5 Å². The van der Waals surface area contributed by atoms with Crippen LogP contribution in [0.3, 0.4) is 0 Å². The van der Waals surface area contributed by atoms with Crippen LogP contribution in [0.5, 0.6) is 0 Å². The number of hydrogen-bond acceptors (Lipinski definition) is 2. The minimum atomic E-state index is -1.25. The summed E-state index contributed by atoms with van der Waals surface area (Å²) in [5, 5.41) is 17.8. The van der Waals surface area contributed by atoms with Gasteiger partial charge in [0.1, 0.15) is 0 Å². The van der Waals surface area contributed by atoms with Crippen molar-refractivity contribution in [3.8, 4) is 0 Å². The van der Waals surface area contributed by atoms with Crippen LogP contribution < -0.4 is 0 Å². The molecule has 0 heterocycles. The Hall–Kier alpha value is -0.795. The molecule has 0 saturated heterocycles. The van der Waals surface area contributed by atoms with E-state index >= 15 is 0 Å². The maximum absolute atomic E-state index is 8.88. The van der Waals surface area contributed by atoms with Crippen molar-refractivity contribution in [2.75, 3.05) is 0 Å². The molecule has 0 radical (unpaired) electrons. The van der Waals surface area contributed by atoms with Gasteiger partial charge in [-0.3, -0.25) is 0 Å². The van der Waals surface area contributed by atoms with E-state index in [1.54, 1.807) is 0 Å². The first-order valence-corrected chi connectivity index (χ1v) is 4.43. The third-order valence-electron chi connectivity index (χ3n) is 2.23. The summed E-state index contributed by atoms with van der Waals surface area (Å²) in [5.41, 5.74) is 4.52. The molecule has 3 heteroatoms. The Balaban J connectivity index is 3.06. The average molecular weight is 178 g/mol. The highest BCUT2D eigenvalue weighted by Gasteiger charge is 2.12. The SMILES string of the molecule is Cc1cc(C)c(CB(O)O)c(C)c1. The van der Waals surface area contributed by atoms with E-state index in [-0.39, 0.29) is 0 Å². The summed E-state index contributed by atoms with van der Waals surface area (Å²) in [6.45, 7) is 6.04.